The van der Waals surface area contributed by atoms with Crippen molar-refractivity contribution < 1.29 is 9.59 Å². The molecule has 0 aromatic heterocycles. The summed E-state index contributed by atoms with van der Waals surface area (Å²) in [5.41, 5.74) is 2.39. The van der Waals surface area contributed by atoms with Crippen molar-refractivity contribution in [2.45, 2.75) is 55.7 Å². The minimum atomic E-state index is -0.885. The van der Waals surface area contributed by atoms with Crippen LogP contribution < -0.4 is 10.6 Å². The smallest absolute Gasteiger partial charge is 0.238 e. The molecule has 2 heterocycles. The Morgan fingerprint density at radius 3 is 2.92 bits per heavy atom. The van der Waals surface area contributed by atoms with E-state index in [0.717, 1.165) is 18.7 Å². The Balaban J connectivity index is 1.48. The number of hydrogen-bond acceptors (Lipinski definition) is 8. The van der Waals surface area contributed by atoms with E-state index in [1.165, 1.54) is 42.5 Å². The van der Waals surface area contributed by atoms with Crippen molar-refractivity contribution >= 4 is 41.0 Å². The summed E-state index contributed by atoms with van der Waals surface area (Å²) in [6.07, 6.45) is 6.76. The molecule has 2 amide bonds. The van der Waals surface area contributed by atoms with Gasteiger partial charge in [0.15, 0.2) is 0 Å². The zero-order valence-corrected chi connectivity index (χ0v) is 23.5. The van der Waals surface area contributed by atoms with E-state index in [0.29, 0.717) is 25.6 Å². The first-order valence-corrected chi connectivity index (χ1v) is 15.4. The molecular weight excluding hydrogens is 504 g/mol. The Bertz CT molecular complexity index is 994. The van der Waals surface area contributed by atoms with E-state index in [9.17, 15) is 14.9 Å². The first kappa shape index (κ1) is 29.2. The van der Waals surface area contributed by atoms with Crippen molar-refractivity contribution in [3.8, 4) is 12.1 Å². The predicted octanol–water partition coefficient (Wildman–Crippen LogP) is 3.32. The molecule has 0 aliphatic carbocycles. The van der Waals surface area contributed by atoms with Crippen molar-refractivity contribution in [2.24, 2.45) is 5.92 Å². The number of anilines is 1. The monoisotopic (exact) mass is 542 g/mol. The van der Waals surface area contributed by atoms with Crippen LogP contribution in [-0.2, 0) is 16.0 Å². The normalized spacial score (nSPS) is 22.4. The Kier molecular flexibility index (Phi) is 11.9. The van der Waals surface area contributed by atoms with Gasteiger partial charge in [-0.2, -0.15) is 22.3 Å². The standard InChI is InChI=1S/C27H38N6O2S2/c1-3-33-25(17-21(18-29)26(34)31-13-11-28)37-24(27(33)35)9-12-30-22-7-4-6-20(16-22)10-15-32-14-5-8-23(32)19-36-2/h4,6-7,16,21,23-25,30H,3,5,8-10,12-15,17,19H2,1-2H3,(H,31,34). The van der Waals surface area contributed by atoms with E-state index >= 15 is 0 Å². The topological polar surface area (TPSA) is 112 Å². The third-order valence-corrected chi connectivity index (χ3v) is 9.27. The van der Waals surface area contributed by atoms with Gasteiger partial charge < -0.3 is 15.5 Å². The van der Waals surface area contributed by atoms with Crippen molar-refractivity contribution in [1.82, 2.24) is 15.1 Å². The quantitative estimate of drug-likeness (QED) is 0.344. The lowest BCUT2D eigenvalue weighted by molar-refractivity contribution is -0.131. The maximum atomic E-state index is 13.0. The molecule has 0 saturated carbocycles. The van der Waals surface area contributed by atoms with Crippen molar-refractivity contribution in [2.75, 3.05) is 50.0 Å². The van der Waals surface area contributed by atoms with Crippen LogP contribution in [0.2, 0.25) is 0 Å². The second-order valence-corrected chi connectivity index (χ2v) is 11.7. The van der Waals surface area contributed by atoms with Gasteiger partial charge in [-0.1, -0.05) is 12.1 Å². The Labute approximate surface area is 229 Å². The fourth-order valence-corrected chi connectivity index (χ4v) is 7.43. The molecule has 8 nitrogen and oxygen atoms in total. The van der Waals surface area contributed by atoms with Crippen molar-refractivity contribution in [3.05, 3.63) is 29.8 Å². The van der Waals surface area contributed by atoms with Crippen LogP contribution in [0.25, 0.3) is 0 Å². The summed E-state index contributed by atoms with van der Waals surface area (Å²) < 4.78 is 0. The minimum Gasteiger partial charge on any atom is -0.385 e. The van der Waals surface area contributed by atoms with E-state index in [-0.39, 0.29) is 29.5 Å². The molecule has 10 heteroatoms. The fourth-order valence-electron chi connectivity index (χ4n) is 5.08. The van der Waals surface area contributed by atoms with Gasteiger partial charge >= 0.3 is 0 Å². The van der Waals surface area contributed by atoms with Gasteiger partial charge in [-0.15, -0.1) is 11.8 Å². The molecule has 2 fully saturated rings. The largest absolute Gasteiger partial charge is 0.385 e. The number of nitrogens with zero attached hydrogens (tertiary/aromatic N) is 4. The molecule has 0 radical (unpaired) electrons. The van der Waals surface area contributed by atoms with Crippen LogP contribution in [0.3, 0.4) is 0 Å². The second kappa shape index (κ2) is 15.1. The molecular formula is C27H38N6O2S2. The summed E-state index contributed by atoms with van der Waals surface area (Å²) >= 11 is 3.47. The molecule has 2 aliphatic rings. The number of likely N-dealkylation sites (tertiary alicyclic amines) is 1. The zero-order chi connectivity index (χ0) is 26.6. The van der Waals surface area contributed by atoms with Gasteiger partial charge in [-0.05, 0) is 63.1 Å². The van der Waals surface area contributed by atoms with E-state index in [4.69, 9.17) is 5.26 Å². The lowest BCUT2D eigenvalue weighted by Crippen LogP contribution is -2.38. The highest BCUT2D eigenvalue weighted by Crippen LogP contribution is 2.37. The summed E-state index contributed by atoms with van der Waals surface area (Å²) in [5, 5.41) is 23.6. The third kappa shape index (κ3) is 8.29. The van der Waals surface area contributed by atoms with Crippen LogP contribution in [0.1, 0.15) is 38.2 Å². The third-order valence-electron chi connectivity index (χ3n) is 7.03. The van der Waals surface area contributed by atoms with Crippen LogP contribution in [0.15, 0.2) is 24.3 Å². The summed E-state index contributed by atoms with van der Waals surface area (Å²) in [7, 11) is 0. The molecule has 1 aromatic carbocycles. The first-order chi connectivity index (χ1) is 18.0. The van der Waals surface area contributed by atoms with Crippen molar-refractivity contribution in [3.63, 3.8) is 0 Å². The van der Waals surface area contributed by atoms with Gasteiger partial charge in [-0.3, -0.25) is 14.5 Å². The average molecular weight is 543 g/mol. The predicted molar refractivity (Wildman–Crippen MR) is 151 cm³/mol. The molecule has 2 aliphatic heterocycles. The number of amides is 2. The highest BCUT2D eigenvalue weighted by Gasteiger charge is 2.40. The number of rotatable bonds is 14. The van der Waals surface area contributed by atoms with E-state index in [2.05, 4.69) is 46.1 Å². The first-order valence-electron chi connectivity index (χ1n) is 13.1. The van der Waals surface area contributed by atoms with Gasteiger partial charge in [0.1, 0.15) is 12.5 Å². The lowest BCUT2D eigenvalue weighted by atomic mass is 10.1. The van der Waals surface area contributed by atoms with Crippen LogP contribution >= 0.6 is 23.5 Å². The molecule has 200 valence electrons. The molecule has 0 spiro atoms. The van der Waals surface area contributed by atoms with E-state index < -0.39 is 11.8 Å². The molecule has 2 N–H and O–H groups in total. The zero-order valence-electron chi connectivity index (χ0n) is 21.8. The van der Waals surface area contributed by atoms with Gasteiger partial charge in [0.2, 0.25) is 11.8 Å². The molecule has 3 rings (SSSR count). The average Bonchev–Trinajstić information content (AvgIpc) is 3.48. The Hall–Kier alpha value is -2.40. The number of carbonyl (C=O) groups excluding carboxylic acids is 2. The van der Waals surface area contributed by atoms with Crippen LogP contribution in [0.5, 0.6) is 0 Å². The number of carbonyl (C=O) groups is 2. The maximum Gasteiger partial charge on any atom is 0.238 e. The molecule has 2 saturated heterocycles. The maximum absolute atomic E-state index is 13.0. The number of hydrogen-bond donors (Lipinski definition) is 2. The SMILES string of the molecule is CCN1C(=O)C(CCNc2cccc(CCN3CCCC3CSC)c2)SC1CC(C#N)C(=O)NCC#N. The highest BCUT2D eigenvalue weighted by atomic mass is 32.2. The second-order valence-electron chi connectivity index (χ2n) is 9.45. The number of nitriles is 2. The Morgan fingerprint density at radius 1 is 1.35 bits per heavy atom. The number of thioether (sulfide) groups is 2. The van der Waals surface area contributed by atoms with Crippen molar-refractivity contribution in [1.29, 1.82) is 10.5 Å². The molecule has 4 unspecified atom stereocenters. The summed E-state index contributed by atoms with van der Waals surface area (Å²) in [5.74, 6) is -0.0689. The highest BCUT2D eigenvalue weighted by molar-refractivity contribution is 8.01. The Morgan fingerprint density at radius 2 is 2.19 bits per heavy atom. The summed E-state index contributed by atoms with van der Waals surface area (Å²) in [6.45, 7) is 5.29. The van der Waals surface area contributed by atoms with Gasteiger partial charge in [0, 0.05) is 43.5 Å². The van der Waals surface area contributed by atoms with Gasteiger partial charge in [-0.25, -0.2) is 0 Å². The summed E-state index contributed by atoms with van der Waals surface area (Å²) in [4.78, 5) is 29.6. The molecule has 4 atom stereocenters. The van der Waals surface area contributed by atoms with Gasteiger partial charge in [0.05, 0.1) is 22.8 Å². The lowest BCUT2D eigenvalue weighted by Gasteiger charge is -2.23. The molecule has 0 bridgehead atoms. The fraction of sp³-hybridized carbons (Fsp3) is 0.630. The number of nitrogens with one attached hydrogen (secondary N) is 2. The molecule has 1 aromatic rings. The molecule has 37 heavy (non-hydrogen) atoms. The van der Waals surface area contributed by atoms with Crippen LogP contribution in [-0.4, -0.2) is 83.0 Å². The van der Waals surface area contributed by atoms with E-state index in [1.54, 1.807) is 4.90 Å². The van der Waals surface area contributed by atoms with Gasteiger partial charge in [0.25, 0.3) is 0 Å². The van der Waals surface area contributed by atoms with Crippen LogP contribution in [0, 0.1) is 28.6 Å². The summed E-state index contributed by atoms with van der Waals surface area (Å²) in [6, 6.07) is 13.1. The van der Waals surface area contributed by atoms with Crippen LogP contribution in [0.4, 0.5) is 5.69 Å². The number of benzene rings is 1. The minimum absolute atomic E-state index is 0.0626. The van der Waals surface area contributed by atoms with E-state index in [1.807, 2.05) is 30.8 Å².